The summed E-state index contributed by atoms with van der Waals surface area (Å²) in [5.41, 5.74) is 1.37. The SMILES string of the molecule is CC(C)CC[C@H](O)[C@H](CC1CCCCC1)NC(=O)[C@H](Cc1c[nH]cn1)N(C)C(=O)[C@H](Cc1ccccc1)OC(=O)N(C)CCC(=O)N1CCOCC1.Cl. The van der Waals surface area contributed by atoms with Crippen LogP contribution >= 0.6 is 12.4 Å². The molecule has 0 unspecified atom stereocenters. The number of aromatic amines is 1. The first-order chi connectivity index (χ1) is 25.0. The van der Waals surface area contributed by atoms with Crippen LogP contribution < -0.4 is 5.32 Å². The summed E-state index contributed by atoms with van der Waals surface area (Å²) in [4.78, 5) is 66.4. The van der Waals surface area contributed by atoms with Crippen LogP contribution in [0.15, 0.2) is 42.9 Å². The zero-order chi connectivity index (χ0) is 37.5. The van der Waals surface area contributed by atoms with Crippen LogP contribution in [0.1, 0.15) is 82.9 Å². The molecule has 2 heterocycles. The summed E-state index contributed by atoms with van der Waals surface area (Å²) in [6, 6.07) is 7.78. The quantitative estimate of drug-likeness (QED) is 0.202. The van der Waals surface area contributed by atoms with E-state index in [1.54, 1.807) is 18.1 Å². The monoisotopic (exact) mass is 760 g/mol. The number of ether oxygens (including phenoxy) is 2. The van der Waals surface area contributed by atoms with Gasteiger partial charge >= 0.3 is 6.09 Å². The van der Waals surface area contributed by atoms with Gasteiger partial charge in [-0.05, 0) is 36.7 Å². The van der Waals surface area contributed by atoms with E-state index in [1.807, 2.05) is 30.3 Å². The number of carbonyl (C=O) groups is 4. The fourth-order valence-corrected chi connectivity index (χ4v) is 7.01. The Bertz CT molecular complexity index is 1390. The Balaban J connectivity index is 0.00000756. The molecule has 2 aliphatic rings. The summed E-state index contributed by atoms with van der Waals surface area (Å²) in [5.74, 6) is -0.206. The molecular weight excluding hydrogens is 700 g/mol. The van der Waals surface area contributed by atoms with Gasteiger partial charge in [0.25, 0.3) is 5.91 Å². The van der Waals surface area contributed by atoms with E-state index in [0.717, 1.165) is 37.7 Å². The van der Waals surface area contributed by atoms with Gasteiger partial charge in [-0.25, -0.2) is 9.78 Å². The van der Waals surface area contributed by atoms with Crippen molar-refractivity contribution in [3.05, 3.63) is 54.1 Å². The van der Waals surface area contributed by atoms with Crippen LogP contribution in [0.5, 0.6) is 0 Å². The Morgan fingerprint density at radius 3 is 2.38 bits per heavy atom. The number of morpholine rings is 1. The molecule has 2 aromatic rings. The number of hydrogen-bond acceptors (Lipinski definition) is 8. The molecule has 0 radical (unpaired) electrons. The van der Waals surface area contributed by atoms with E-state index in [4.69, 9.17) is 9.47 Å². The topological polar surface area (TPSA) is 157 Å². The van der Waals surface area contributed by atoms with Crippen LogP contribution in [0.4, 0.5) is 4.79 Å². The van der Waals surface area contributed by atoms with E-state index in [9.17, 15) is 24.3 Å². The number of benzene rings is 1. The van der Waals surface area contributed by atoms with Crippen molar-refractivity contribution in [2.45, 2.75) is 109 Å². The molecule has 1 saturated heterocycles. The summed E-state index contributed by atoms with van der Waals surface area (Å²) in [7, 11) is 3.08. The molecule has 0 spiro atoms. The number of H-pyrrole nitrogens is 1. The van der Waals surface area contributed by atoms with Gasteiger partial charge in [0, 0.05) is 59.2 Å². The van der Waals surface area contributed by atoms with Gasteiger partial charge in [0.1, 0.15) is 6.04 Å². The average molecular weight is 761 g/mol. The van der Waals surface area contributed by atoms with Gasteiger partial charge in [-0.15, -0.1) is 12.4 Å². The Morgan fingerprint density at radius 2 is 1.74 bits per heavy atom. The smallest absolute Gasteiger partial charge is 0.410 e. The summed E-state index contributed by atoms with van der Waals surface area (Å²) in [5, 5.41) is 14.5. The molecule has 1 aliphatic carbocycles. The van der Waals surface area contributed by atoms with Crippen molar-refractivity contribution >= 4 is 36.2 Å². The van der Waals surface area contributed by atoms with Crippen LogP contribution in [0.3, 0.4) is 0 Å². The Labute approximate surface area is 321 Å². The van der Waals surface area contributed by atoms with Crippen molar-refractivity contribution in [3.63, 3.8) is 0 Å². The van der Waals surface area contributed by atoms with Gasteiger partial charge in [-0.2, -0.15) is 0 Å². The average Bonchev–Trinajstić information content (AvgIpc) is 3.68. The minimum atomic E-state index is -1.25. The third-order valence-electron chi connectivity index (χ3n) is 10.3. The maximum atomic E-state index is 14.4. The molecule has 4 amide bonds. The van der Waals surface area contributed by atoms with Gasteiger partial charge < -0.3 is 39.6 Å². The van der Waals surface area contributed by atoms with Crippen molar-refractivity contribution in [1.29, 1.82) is 0 Å². The lowest BCUT2D eigenvalue weighted by Crippen LogP contribution is -2.56. The molecular formula is C39H61ClN6O7. The van der Waals surface area contributed by atoms with Gasteiger partial charge in [0.05, 0.1) is 37.4 Å². The molecule has 3 N–H and O–H groups in total. The first-order valence-electron chi connectivity index (χ1n) is 19.1. The number of nitrogens with zero attached hydrogens (tertiary/aromatic N) is 4. The van der Waals surface area contributed by atoms with Gasteiger partial charge in [0.2, 0.25) is 11.8 Å². The van der Waals surface area contributed by atoms with Crippen LogP contribution in [0.2, 0.25) is 0 Å². The largest absolute Gasteiger partial charge is 0.436 e. The maximum Gasteiger partial charge on any atom is 0.410 e. The normalized spacial score (nSPS) is 17.2. The van der Waals surface area contributed by atoms with Crippen LogP contribution in [0, 0.1) is 11.8 Å². The second-order valence-electron chi connectivity index (χ2n) is 14.8. The zero-order valence-corrected chi connectivity index (χ0v) is 32.7. The zero-order valence-electron chi connectivity index (χ0n) is 31.9. The van der Waals surface area contributed by atoms with E-state index >= 15 is 0 Å². The summed E-state index contributed by atoms with van der Waals surface area (Å²) in [6.45, 7) is 6.34. The predicted octanol–water partition coefficient (Wildman–Crippen LogP) is 4.38. The van der Waals surface area contributed by atoms with Gasteiger partial charge in [-0.3, -0.25) is 14.4 Å². The second kappa shape index (κ2) is 22.5. The highest BCUT2D eigenvalue weighted by Gasteiger charge is 2.37. The maximum absolute atomic E-state index is 14.4. The number of aliphatic hydroxyl groups is 1. The van der Waals surface area contributed by atoms with E-state index < -0.39 is 42.2 Å². The highest BCUT2D eigenvalue weighted by Crippen LogP contribution is 2.29. The minimum absolute atomic E-state index is 0. The lowest BCUT2D eigenvalue weighted by molar-refractivity contribution is -0.146. The number of imidazole rings is 1. The van der Waals surface area contributed by atoms with Crippen molar-refractivity contribution in [1.82, 2.24) is 30.0 Å². The molecule has 2 fully saturated rings. The lowest BCUT2D eigenvalue weighted by Gasteiger charge is -2.34. The summed E-state index contributed by atoms with van der Waals surface area (Å²) in [6.07, 6.45) is 8.51. The number of hydrogen-bond donors (Lipinski definition) is 3. The Morgan fingerprint density at radius 1 is 1.04 bits per heavy atom. The van der Waals surface area contributed by atoms with E-state index in [0.29, 0.717) is 56.7 Å². The van der Waals surface area contributed by atoms with Crippen molar-refractivity contribution in [2.75, 3.05) is 46.9 Å². The first-order valence-corrected chi connectivity index (χ1v) is 19.1. The highest BCUT2D eigenvalue weighted by molar-refractivity contribution is 5.90. The number of carbonyl (C=O) groups excluding carboxylic acids is 4. The molecule has 1 aromatic carbocycles. The molecule has 1 aliphatic heterocycles. The van der Waals surface area contributed by atoms with E-state index in [2.05, 4.69) is 29.1 Å². The number of amides is 4. The molecule has 0 bridgehead atoms. The van der Waals surface area contributed by atoms with Crippen molar-refractivity contribution < 1.29 is 33.8 Å². The van der Waals surface area contributed by atoms with Crippen LogP contribution in [-0.4, -0.2) is 125 Å². The highest BCUT2D eigenvalue weighted by atomic mass is 35.5. The lowest BCUT2D eigenvalue weighted by atomic mass is 9.83. The Kier molecular flexibility index (Phi) is 18.6. The molecule has 14 heteroatoms. The molecule has 13 nitrogen and oxygen atoms in total. The number of rotatable bonds is 18. The number of aromatic nitrogens is 2. The standard InChI is InChI=1S/C39H60N6O7.ClH/c1-28(2)15-16-34(46)32(23-29-11-7-5-8-12-29)42-37(48)33(25-31-26-40-27-41-31)44(4)38(49)35(24-30-13-9-6-10-14-30)52-39(50)43(3)18-17-36(47)45-19-21-51-22-20-45;/h6,9-10,13-14,26-29,32-35,46H,5,7-8,11-12,15-25H2,1-4H3,(H,40,41)(H,42,48);1H/t32-,33-,34-,35-;/m0./s1. The molecule has 53 heavy (non-hydrogen) atoms. The number of likely N-dealkylation sites (N-methyl/N-ethyl adjacent to an activating group) is 1. The molecule has 1 aromatic heterocycles. The number of halogens is 1. The molecule has 4 rings (SSSR count). The number of aliphatic hydroxyl groups excluding tert-OH is 1. The third-order valence-corrected chi connectivity index (χ3v) is 10.3. The first kappa shape index (κ1) is 43.7. The molecule has 296 valence electrons. The summed E-state index contributed by atoms with van der Waals surface area (Å²) < 4.78 is 11.2. The second-order valence-corrected chi connectivity index (χ2v) is 14.8. The predicted molar refractivity (Wildman–Crippen MR) is 204 cm³/mol. The van der Waals surface area contributed by atoms with Crippen LogP contribution in [0.25, 0.3) is 0 Å². The van der Waals surface area contributed by atoms with E-state index in [1.165, 1.54) is 29.6 Å². The fourth-order valence-electron chi connectivity index (χ4n) is 7.01. The number of nitrogens with one attached hydrogen (secondary N) is 2. The molecule has 4 atom stereocenters. The van der Waals surface area contributed by atoms with Crippen molar-refractivity contribution in [3.8, 4) is 0 Å². The minimum Gasteiger partial charge on any atom is -0.436 e. The molecule has 1 saturated carbocycles. The third kappa shape index (κ3) is 14.2. The summed E-state index contributed by atoms with van der Waals surface area (Å²) >= 11 is 0. The Hall–Kier alpha value is -3.68. The van der Waals surface area contributed by atoms with E-state index in [-0.39, 0.29) is 44.1 Å². The van der Waals surface area contributed by atoms with Gasteiger partial charge in [-0.1, -0.05) is 76.3 Å². The van der Waals surface area contributed by atoms with Crippen molar-refractivity contribution in [2.24, 2.45) is 11.8 Å². The fraction of sp³-hybridized carbons (Fsp3) is 0.667. The van der Waals surface area contributed by atoms with Crippen LogP contribution in [-0.2, 0) is 36.7 Å². The van der Waals surface area contributed by atoms with Gasteiger partial charge in [0.15, 0.2) is 6.10 Å².